The van der Waals surface area contributed by atoms with Crippen molar-refractivity contribution in [2.24, 2.45) is 5.41 Å². The van der Waals surface area contributed by atoms with Gasteiger partial charge in [-0.3, -0.25) is 4.79 Å². The molecule has 3 nitrogen and oxygen atoms in total. The number of nitrogens with one attached hydrogen (secondary N) is 1. The Kier molecular flexibility index (Phi) is 6.21. The molecule has 2 N–H and O–H groups in total. The molecule has 1 atom stereocenters. The predicted octanol–water partition coefficient (Wildman–Crippen LogP) is 2.84. The summed E-state index contributed by atoms with van der Waals surface area (Å²) in [5, 5.41) is 12.4. The largest absolute Gasteiger partial charge is 0.393 e. The van der Waals surface area contributed by atoms with E-state index in [-0.39, 0.29) is 17.4 Å². The first-order valence-corrected chi connectivity index (χ1v) is 7.29. The van der Waals surface area contributed by atoms with Gasteiger partial charge >= 0.3 is 0 Å². The minimum Gasteiger partial charge on any atom is -0.393 e. The van der Waals surface area contributed by atoms with Crippen molar-refractivity contribution < 1.29 is 9.90 Å². The summed E-state index contributed by atoms with van der Waals surface area (Å²) >= 11 is 0. The standard InChI is InChI=1S/C17H27NO2/c1-13-6-5-7-15(10-13)8-9-16(20)18-12-17(3,4)11-14(2)19/h5-7,10,14,19H,8-9,11-12H2,1-4H3,(H,18,20). The quantitative estimate of drug-likeness (QED) is 0.805. The lowest BCUT2D eigenvalue weighted by Crippen LogP contribution is -2.35. The number of carbonyl (C=O) groups excluding carboxylic acids is 1. The highest BCUT2D eigenvalue weighted by molar-refractivity contribution is 5.76. The topological polar surface area (TPSA) is 49.3 Å². The van der Waals surface area contributed by atoms with Gasteiger partial charge in [-0.25, -0.2) is 0 Å². The maximum atomic E-state index is 11.9. The van der Waals surface area contributed by atoms with E-state index in [9.17, 15) is 9.90 Å². The molecule has 0 heterocycles. The first-order valence-electron chi connectivity index (χ1n) is 7.29. The second kappa shape index (κ2) is 7.44. The van der Waals surface area contributed by atoms with Crippen LogP contribution in [-0.2, 0) is 11.2 Å². The lowest BCUT2D eigenvalue weighted by atomic mass is 9.87. The van der Waals surface area contributed by atoms with Crippen LogP contribution in [0.15, 0.2) is 24.3 Å². The number of hydrogen-bond acceptors (Lipinski definition) is 2. The molecule has 1 aromatic carbocycles. The van der Waals surface area contributed by atoms with Crippen molar-refractivity contribution in [3.8, 4) is 0 Å². The highest BCUT2D eigenvalue weighted by Crippen LogP contribution is 2.21. The number of hydrogen-bond donors (Lipinski definition) is 2. The molecule has 0 fully saturated rings. The summed E-state index contributed by atoms with van der Waals surface area (Å²) in [7, 11) is 0. The number of benzene rings is 1. The van der Waals surface area contributed by atoms with Crippen LogP contribution in [0.5, 0.6) is 0 Å². The lowest BCUT2D eigenvalue weighted by Gasteiger charge is -2.26. The Bertz CT molecular complexity index is 438. The first-order chi connectivity index (χ1) is 9.28. The van der Waals surface area contributed by atoms with E-state index >= 15 is 0 Å². The second-order valence-corrected chi connectivity index (χ2v) is 6.48. The van der Waals surface area contributed by atoms with Crippen LogP contribution in [0.3, 0.4) is 0 Å². The van der Waals surface area contributed by atoms with Crippen molar-refractivity contribution in [3.05, 3.63) is 35.4 Å². The Balaban J connectivity index is 2.34. The smallest absolute Gasteiger partial charge is 0.220 e. The molecule has 0 radical (unpaired) electrons. The van der Waals surface area contributed by atoms with E-state index in [1.54, 1.807) is 6.92 Å². The molecule has 20 heavy (non-hydrogen) atoms. The molecule has 1 unspecified atom stereocenters. The minimum absolute atomic E-state index is 0.0742. The van der Waals surface area contributed by atoms with Gasteiger partial charge in [-0.1, -0.05) is 43.7 Å². The molecule has 0 aliphatic rings. The fourth-order valence-corrected chi connectivity index (χ4v) is 2.42. The highest BCUT2D eigenvalue weighted by atomic mass is 16.3. The van der Waals surface area contributed by atoms with Crippen LogP contribution in [0, 0.1) is 12.3 Å². The van der Waals surface area contributed by atoms with Crippen LogP contribution in [0.2, 0.25) is 0 Å². The molecule has 0 saturated heterocycles. The maximum Gasteiger partial charge on any atom is 0.220 e. The molecule has 0 spiro atoms. The van der Waals surface area contributed by atoms with Gasteiger partial charge in [0.2, 0.25) is 5.91 Å². The molecular formula is C17H27NO2. The number of amides is 1. The summed E-state index contributed by atoms with van der Waals surface area (Å²) in [6.07, 6.45) is 1.62. The van der Waals surface area contributed by atoms with Crippen molar-refractivity contribution in [2.45, 2.75) is 53.1 Å². The molecule has 0 bridgehead atoms. The molecule has 0 aliphatic carbocycles. The van der Waals surface area contributed by atoms with Crippen molar-refractivity contribution in [1.29, 1.82) is 0 Å². The Morgan fingerprint density at radius 3 is 2.70 bits per heavy atom. The van der Waals surface area contributed by atoms with Gasteiger partial charge < -0.3 is 10.4 Å². The van der Waals surface area contributed by atoms with Crippen LogP contribution in [0.4, 0.5) is 0 Å². The highest BCUT2D eigenvalue weighted by Gasteiger charge is 2.20. The van der Waals surface area contributed by atoms with Crippen LogP contribution in [-0.4, -0.2) is 23.7 Å². The third-order valence-corrected chi connectivity index (χ3v) is 3.34. The van der Waals surface area contributed by atoms with Gasteiger partial charge in [0.15, 0.2) is 0 Å². The zero-order valence-electron chi connectivity index (χ0n) is 13.1. The summed E-state index contributed by atoms with van der Waals surface area (Å²) in [6.45, 7) is 8.55. The first kappa shape index (κ1) is 16.7. The predicted molar refractivity (Wildman–Crippen MR) is 82.6 cm³/mol. The normalized spacial score (nSPS) is 13.1. The SMILES string of the molecule is Cc1cccc(CCC(=O)NCC(C)(C)CC(C)O)c1. The minimum atomic E-state index is -0.339. The molecule has 1 aromatic rings. The van der Waals surface area contributed by atoms with Gasteiger partial charge in [-0.05, 0) is 37.7 Å². The summed E-state index contributed by atoms with van der Waals surface area (Å²) in [5.41, 5.74) is 2.34. The average Bonchev–Trinajstić information content (AvgIpc) is 2.32. The third-order valence-electron chi connectivity index (χ3n) is 3.34. The average molecular weight is 277 g/mol. The van der Waals surface area contributed by atoms with Gasteiger partial charge in [0.05, 0.1) is 6.10 Å². The molecular weight excluding hydrogens is 250 g/mol. The molecule has 1 amide bonds. The zero-order valence-corrected chi connectivity index (χ0v) is 13.1. The van der Waals surface area contributed by atoms with E-state index in [2.05, 4.69) is 44.3 Å². The van der Waals surface area contributed by atoms with Gasteiger partial charge in [0, 0.05) is 13.0 Å². The Morgan fingerprint density at radius 2 is 2.10 bits per heavy atom. The molecule has 1 rings (SSSR count). The molecule has 0 aliphatic heterocycles. The van der Waals surface area contributed by atoms with E-state index in [0.717, 1.165) is 6.42 Å². The number of aliphatic hydroxyl groups is 1. The fourth-order valence-electron chi connectivity index (χ4n) is 2.42. The van der Waals surface area contributed by atoms with Gasteiger partial charge in [0.1, 0.15) is 0 Å². The third kappa shape index (κ3) is 6.71. The van der Waals surface area contributed by atoms with Crippen molar-refractivity contribution in [3.63, 3.8) is 0 Å². The molecule has 0 saturated carbocycles. The van der Waals surface area contributed by atoms with Gasteiger partial charge in [-0.2, -0.15) is 0 Å². The van der Waals surface area contributed by atoms with E-state index in [1.165, 1.54) is 11.1 Å². The summed E-state index contributed by atoms with van der Waals surface area (Å²) < 4.78 is 0. The van der Waals surface area contributed by atoms with Crippen LogP contribution in [0.25, 0.3) is 0 Å². The summed E-state index contributed by atoms with van der Waals surface area (Å²) in [5.74, 6) is 0.0742. The van der Waals surface area contributed by atoms with Crippen LogP contribution >= 0.6 is 0 Å². The lowest BCUT2D eigenvalue weighted by molar-refractivity contribution is -0.121. The van der Waals surface area contributed by atoms with Crippen molar-refractivity contribution in [2.75, 3.05) is 6.54 Å². The van der Waals surface area contributed by atoms with E-state index in [0.29, 0.717) is 19.4 Å². The summed E-state index contributed by atoms with van der Waals surface area (Å²) in [4.78, 5) is 11.9. The number of rotatable bonds is 7. The van der Waals surface area contributed by atoms with E-state index in [1.807, 2.05) is 6.07 Å². The zero-order chi connectivity index (χ0) is 15.2. The molecule has 3 heteroatoms. The Hall–Kier alpha value is -1.35. The maximum absolute atomic E-state index is 11.9. The van der Waals surface area contributed by atoms with Crippen molar-refractivity contribution >= 4 is 5.91 Å². The van der Waals surface area contributed by atoms with Crippen molar-refractivity contribution in [1.82, 2.24) is 5.32 Å². The van der Waals surface area contributed by atoms with Gasteiger partial charge in [-0.15, -0.1) is 0 Å². The summed E-state index contributed by atoms with van der Waals surface area (Å²) in [6, 6.07) is 8.25. The molecule has 0 aromatic heterocycles. The Morgan fingerprint density at radius 1 is 1.40 bits per heavy atom. The second-order valence-electron chi connectivity index (χ2n) is 6.48. The monoisotopic (exact) mass is 277 g/mol. The number of aliphatic hydroxyl groups excluding tert-OH is 1. The Labute approximate surface area is 122 Å². The van der Waals surface area contributed by atoms with Gasteiger partial charge in [0.25, 0.3) is 0 Å². The number of aryl methyl sites for hydroxylation is 2. The molecule has 112 valence electrons. The fraction of sp³-hybridized carbons (Fsp3) is 0.588. The van der Waals surface area contributed by atoms with Crippen LogP contribution in [0.1, 0.15) is 44.7 Å². The van der Waals surface area contributed by atoms with E-state index in [4.69, 9.17) is 0 Å². The van der Waals surface area contributed by atoms with Crippen LogP contribution < -0.4 is 5.32 Å². The number of carbonyl (C=O) groups is 1. The van der Waals surface area contributed by atoms with E-state index < -0.39 is 0 Å².